The van der Waals surface area contributed by atoms with Gasteiger partial charge in [-0.3, -0.25) is 4.79 Å². The zero-order valence-corrected chi connectivity index (χ0v) is 66.6. The quantitative estimate of drug-likeness (QED) is 0.0252. The number of rotatable bonds is 73. The summed E-state index contributed by atoms with van der Waals surface area (Å²) in [7, 11) is 0. The van der Waals surface area contributed by atoms with Crippen molar-refractivity contribution in [3.05, 3.63) is 0 Å². The molecule has 3 rings (SSSR count). The lowest BCUT2D eigenvalue weighted by atomic mass is 9.96. The molecule has 3 heterocycles. The predicted octanol–water partition coefficient (Wildman–Crippen LogP) is 16.1. The van der Waals surface area contributed by atoms with Gasteiger partial charge in [0.2, 0.25) is 5.91 Å². The van der Waals surface area contributed by atoms with Crippen LogP contribution in [0.15, 0.2) is 0 Å². The number of amides is 1. The summed E-state index contributed by atoms with van der Waals surface area (Å²) in [5.74, 6) is -0.231. The summed E-state index contributed by atoms with van der Waals surface area (Å²) in [4.78, 5) is 13.5. The molecule has 1 amide bonds. The molecule has 19 heteroatoms. The van der Waals surface area contributed by atoms with E-state index in [-0.39, 0.29) is 18.9 Å². The van der Waals surface area contributed by atoms with Crippen LogP contribution < -0.4 is 5.32 Å². The van der Waals surface area contributed by atoms with E-state index < -0.39 is 124 Å². The zero-order chi connectivity index (χ0) is 75.3. The number of carbonyl (C=O) groups is 1. The van der Waals surface area contributed by atoms with Crippen LogP contribution in [0.5, 0.6) is 0 Å². The van der Waals surface area contributed by atoms with Gasteiger partial charge in [0, 0.05) is 6.42 Å². The SMILES string of the molecule is CCCCCCCCCCCCCCCCCCCCCCCCCCCCCCCCC(=O)NC(COC1OC(CO)C(OC2OC(CO)C(OC3OC(CO)C(O)C(O)C3O)C(O)C2O)C(O)C1O)C(O)CCCCCCCCCCCCCCCCCCCCCCCCCCCCCCC. The highest BCUT2D eigenvalue weighted by molar-refractivity contribution is 5.76. The molecule has 0 aromatic rings. The zero-order valence-electron chi connectivity index (χ0n) is 66.6. The Kier molecular flexibility index (Phi) is 61.9. The lowest BCUT2D eigenvalue weighted by molar-refractivity contribution is -0.379. The van der Waals surface area contributed by atoms with Crippen molar-refractivity contribution in [1.29, 1.82) is 0 Å². The minimum absolute atomic E-state index is 0.231. The number of unbranched alkanes of at least 4 members (excludes halogenated alkanes) is 57. The Hall–Kier alpha value is -1.21. The predicted molar refractivity (Wildman–Crippen MR) is 416 cm³/mol. The summed E-state index contributed by atoms with van der Waals surface area (Å²) >= 11 is 0. The van der Waals surface area contributed by atoms with Crippen LogP contribution in [0.3, 0.4) is 0 Å². The topological polar surface area (TPSA) is 307 Å². The van der Waals surface area contributed by atoms with E-state index in [1.165, 1.54) is 327 Å². The van der Waals surface area contributed by atoms with Crippen molar-refractivity contribution >= 4 is 5.91 Å². The van der Waals surface area contributed by atoms with Crippen LogP contribution in [0.25, 0.3) is 0 Å². The Balaban J connectivity index is 1.33. The molecular formula is C85H165NO18. The van der Waals surface area contributed by atoms with Crippen LogP contribution in [0.2, 0.25) is 0 Å². The third kappa shape index (κ3) is 45.3. The summed E-state index contributed by atoms with van der Waals surface area (Å²) in [6.45, 7) is 1.89. The number of carbonyl (C=O) groups excluding carboxylic acids is 1. The molecule has 12 N–H and O–H groups in total. The lowest BCUT2D eigenvalue weighted by Crippen LogP contribution is -2.66. The lowest BCUT2D eigenvalue weighted by Gasteiger charge is -2.48. The van der Waals surface area contributed by atoms with Crippen molar-refractivity contribution in [2.45, 2.75) is 510 Å². The van der Waals surface area contributed by atoms with Gasteiger partial charge in [0.25, 0.3) is 0 Å². The Morgan fingerprint density at radius 1 is 0.308 bits per heavy atom. The third-order valence-corrected chi connectivity index (χ3v) is 22.7. The van der Waals surface area contributed by atoms with Crippen molar-refractivity contribution < 1.29 is 89.4 Å². The summed E-state index contributed by atoms with van der Waals surface area (Å²) < 4.78 is 34.6. The van der Waals surface area contributed by atoms with Gasteiger partial charge in [-0.05, 0) is 12.8 Å². The molecule has 17 atom stereocenters. The fraction of sp³-hybridized carbons (Fsp3) is 0.988. The average molecular weight is 1490 g/mol. The van der Waals surface area contributed by atoms with E-state index in [1.54, 1.807) is 0 Å². The molecular weight excluding hydrogens is 1320 g/mol. The Morgan fingerprint density at radius 2 is 0.548 bits per heavy atom. The maximum absolute atomic E-state index is 13.5. The van der Waals surface area contributed by atoms with Gasteiger partial charge in [-0.25, -0.2) is 0 Å². The summed E-state index contributed by atoms with van der Waals surface area (Å²) in [5, 5.41) is 121. The molecule has 3 aliphatic heterocycles. The first kappa shape index (κ1) is 97.0. The maximum atomic E-state index is 13.5. The molecule has 618 valence electrons. The highest BCUT2D eigenvalue weighted by atomic mass is 16.8. The Morgan fingerprint density at radius 3 is 0.837 bits per heavy atom. The molecule has 0 aliphatic carbocycles. The van der Waals surface area contributed by atoms with E-state index in [1.807, 2.05) is 0 Å². The second kappa shape index (κ2) is 66.4. The van der Waals surface area contributed by atoms with Crippen molar-refractivity contribution in [3.8, 4) is 0 Å². The number of hydrogen-bond acceptors (Lipinski definition) is 18. The smallest absolute Gasteiger partial charge is 0.220 e. The molecule has 0 radical (unpaired) electrons. The van der Waals surface area contributed by atoms with Crippen LogP contribution in [0, 0.1) is 0 Å². The van der Waals surface area contributed by atoms with E-state index in [4.69, 9.17) is 28.4 Å². The van der Waals surface area contributed by atoms with Gasteiger partial charge in [0.15, 0.2) is 18.9 Å². The largest absolute Gasteiger partial charge is 0.394 e. The Bertz CT molecular complexity index is 1880. The molecule has 0 aromatic carbocycles. The van der Waals surface area contributed by atoms with Gasteiger partial charge in [-0.15, -0.1) is 0 Å². The first-order chi connectivity index (χ1) is 50.8. The van der Waals surface area contributed by atoms with E-state index in [9.17, 15) is 61.0 Å². The average Bonchev–Trinajstić information content (AvgIpc) is 0.782. The molecule has 3 fully saturated rings. The second-order valence-corrected chi connectivity index (χ2v) is 32.1. The minimum atomic E-state index is -1.97. The van der Waals surface area contributed by atoms with Gasteiger partial charge in [0.05, 0.1) is 38.6 Å². The van der Waals surface area contributed by atoms with Gasteiger partial charge < -0.3 is 89.9 Å². The van der Waals surface area contributed by atoms with Crippen molar-refractivity contribution in [1.82, 2.24) is 5.32 Å². The Labute approximate surface area is 634 Å². The number of aliphatic hydroxyl groups is 11. The first-order valence-electron chi connectivity index (χ1n) is 44.3. The normalized spacial score (nSPS) is 25.8. The van der Waals surface area contributed by atoms with Gasteiger partial charge in [-0.1, -0.05) is 386 Å². The molecule has 19 nitrogen and oxygen atoms in total. The highest BCUT2D eigenvalue weighted by Crippen LogP contribution is 2.34. The summed E-state index contributed by atoms with van der Waals surface area (Å²) in [6, 6.07) is -0.884. The molecule has 0 bridgehead atoms. The van der Waals surface area contributed by atoms with Crippen molar-refractivity contribution in [3.63, 3.8) is 0 Å². The van der Waals surface area contributed by atoms with Crippen LogP contribution in [-0.4, -0.2) is 193 Å². The second-order valence-electron chi connectivity index (χ2n) is 32.1. The maximum Gasteiger partial charge on any atom is 0.220 e. The number of nitrogens with one attached hydrogen (secondary N) is 1. The standard InChI is InChI=1S/C85H165NO18/c1-3-5-7-9-11-13-15-17-19-21-23-25-27-29-31-33-35-37-39-41-43-45-47-49-51-53-55-57-59-61-63-73(91)86-68(69(90)62-60-58-56-54-52-50-48-46-44-42-40-38-36-34-32-30-28-26-24-22-20-18-16-14-12-10-8-6-4-2)67-99-83-79(97)76(94)81(71(65-88)101-83)104-85-80(98)77(95)82(72(66-89)102-85)103-84-78(96)75(93)74(92)70(64-87)100-84/h68-72,74-85,87-90,92-98H,3-67H2,1-2H3,(H,86,91). The monoisotopic (exact) mass is 1490 g/mol. The van der Waals surface area contributed by atoms with E-state index in [0.29, 0.717) is 12.8 Å². The van der Waals surface area contributed by atoms with Crippen LogP contribution in [0.1, 0.15) is 406 Å². The molecule has 0 aromatic heterocycles. The van der Waals surface area contributed by atoms with Crippen LogP contribution >= 0.6 is 0 Å². The number of hydrogen-bond donors (Lipinski definition) is 12. The van der Waals surface area contributed by atoms with Crippen molar-refractivity contribution in [2.75, 3.05) is 26.4 Å². The molecule has 0 saturated carbocycles. The van der Waals surface area contributed by atoms with E-state index in [0.717, 1.165) is 44.9 Å². The molecule has 104 heavy (non-hydrogen) atoms. The van der Waals surface area contributed by atoms with Crippen LogP contribution in [0.4, 0.5) is 0 Å². The van der Waals surface area contributed by atoms with Gasteiger partial charge in [-0.2, -0.15) is 0 Å². The van der Waals surface area contributed by atoms with E-state index in [2.05, 4.69) is 19.2 Å². The minimum Gasteiger partial charge on any atom is -0.394 e. The van der Waals surface area contributed by atoms with Gasteiger partial charge >= 0.3 is 0 Å². The first-order valence-corrected chi connectivity index (χ1v) is 44.3. The summed E-state index contributed by atoms with van der Waals surface area (Å²) in [6.07, 6.45) is 52.1. The third-order valence-electron chi connectivity index (χ3n) is 22.7. The fourth-order valence-corrected chi connectivity index (χ4v) is 15.6. The molecule has 0 spiro atoms. The molecule has 3 aliphatic rings. The van der Waals surface area contributed by atoms with E-state index >= 15 is 0 Å². The number of ether oxygens (including phenoxy) is 6. The van der Waals surface area contributed by atoms with Gasteiger partial charge in [0.1, 0.15) is 73.2 Å². The van der Waals surface area contributed by atoms with Crippen molar-refractivity contribution in [2.24, 2.45) is 0 Å². The van der Waals surface area contributed by atoms with Crippen LogP contribution in [-0.2, 0) is 33.2 Å². The molecule has 3 saturated heterocycles. The highest BCUT2D eigenvalue weighted by Gasteiger charge is 2.54. The molecule has 17 unspecified atom stereocenters. The number of aliphatic hydroxyl groups excluding tert-OH is 11. The fourth-order valence-electron chi connectivity index (χ4n) is 15.6. The summed E-state index contributed by atoms with van der Waals surface area (Å²) in [5.41, 5.74) is 0.